The van der Waals surface area contributed by atoms with Crippen LogP contribution in [0, 0.1) is 0 Å². The van der Waals surface area contributed by atoms with Crippen LogP contribution in [0.1, 0.15) is 12.8 Å². The molecule has 0 unspecified atom stereocenters. The van der Waals surface area contributed by atoms with Gasteiger partial charge in [-0.05, 0) is 12.8 Å². The molecule has 0 atom stereocenters. The first-order chi connectivity index (χ1) is 13.7. The van der Waals surface area contributed by atoms with Gasteiger partial charge in [0.1, 0.15) is 17.3 Å². The second kappa shape index (κ2) is 7.94. The molecule has 2 N–H and O–H groups in total. The zero-order chi connectivity index (χ0) is 19.5. The van der Waals surface area contributed by atoms with E-state index < -0.39 is 0 Å². The predicted molar refractivity (Wildman–Crippen MR) is 112 cm³/mol. The van der Waals surface area contributed by atoms with Gasteiger partial charge in [-0.2, -0.15) is 4.98 Å². The van der Waals surface area contributed by atoms with Gasteiger partial charge in [0.15, 0.2) is 0 Å². The fourth-order valence-corrected chi connectivity index (χ4v) is 3.08. The number of ether oxygens (including phenoxy) is 2. The van der Waals surface area contributed by atoms with E-state index in [9.17, 15) is 0 Å². The maximum absolute atomic E-state index is 6.20. The highest BCUT2D eigenvalue weighted by Gasteiger charge is 2.22. The Labute approximate surface area is 168 Å². The highest BCUT2D eigenvalue weighted by molar-refractivity contribution is 6.32. The minimum atomic E-state index is 0.465. The van der Waals surface area contributed by atoms with E-state index in [4.69, 9.17) is 21.1 Å². The Morgan fingerprint density at radius 2 is 1.71 bits per heavy atom. The van der Waals surface area contributed by atoms with Crippen LogP contribution in [0.3, 0.4) is 0 Å². The van der Waals surface area contributed by atoms with Crippen LogP contribution >= 0.6 is 11.6 Å². The molecule has 0 aliphatic heterocycles. The number of rotatable bonds is 7. The summed E-state index contributed by atoms with van der Waals surface area (Å²) in [5.41, 5.74) is 2.53. The van der Waals surface area contributed by atoms with Gasteiger partial charge in [-0.25, -0.2) is 4.98 Å². The van der Waals surface area contributed by atoms with Crippen molar-refractivity contribution in [3.05, 3.63) is 53.6 Å². The first kappa shape index (κ1) is 18.4. The van der Waals surface area contributed by atoms with Crippen LogP contribution in [0.2, 0.25) is 5.02 Å². The van der Waals surface area contributed by atoms with Crippen molar-refractivity contribution >= 4 is 29.1 Å². The number of nitrogens with zero attached hydrogens (tertiary/aromatic N) is 2. The predicted octanol–water partition coefficient (Wildman–Crippen LogP) is 5.13. The summed E-state index contributed by atoms with van der Waals surface area (Å²) in [5.74, 6) is 2.38. The lowest BCUT2D eigenvalue weighted by atomic mass is 10.1. The summed E-state index contributed by atoms with van der Waals surface area (Å²) in [7, 11) is 3.16. The molecule has 0 radical (unpaired) electrons. The Bertz CT molecular complexity index is 978. The molecule has 6 nitrogen and oxygen atoms in total. The SMILES string of the molecule is COc1cc(Nc2nc(NC3CC3)cc(-c3ccccc3)n2)c(OC)cc1Cl. The van der Waals surface area contributed by atoms with Crippen LogP contribution < -0.4 is 20.1 Å². The lowest BCUT2D eigenvalue weighted by Crippen LogP contribution is -2.07. The summed E-state index contributed by atoms with van der Waals surface area (Å²) in [6.07, 6.45) is 2.32. The topological polar surface area (TPSA) is 68.3 Å². The summed E-state index contributed by atoms with van der Waals surface area (Å²) >= 11 is 6.20. The zero-order valence-electron chi connectivity index (χ0n) is 15.7. The van der Waals surface area contributed by atoms with Gasteiger partial charge in [-0.3, -0.25) is 0 Å². The second-order valence-electron chi connectivity index (χ2n) is 6.56. The number of anilines is 3. The highest BCUT2D eigenvalue weighted by atomic mass is 35.5. The molecular weight excluding hydrogens is 376 g/mol. The third-order valence-corrected chi connectivity index (χ3v) is 4.74. The number of nitrogens with one attached hydrogen (secondary N) is 2. The normalized spacial score (nSPS) is 13.1. The van der Waals surface area contributed by atoms with E-state index in [0.717, 1.165) is 29.9 Å². The van der Waals surface area contributed by atoms with E-state index in [2.05, 4.69) is 20.6 Å². The van der Waals surface area contributed by atoms with Crippen LogP contribution in [-0.4, -0.2) is 30.2 Å². The minimum Gasteiger partial charge on any atom is -0.495 e. The fraction of sp³-hybridized carbons (Fsp3) is 0.238. The first-order valence-corrected chi connectivity index (χ1v) is 9.43. The molecule has 0 bridgehead atoms. The van der Waals surface area contributed by atoms with Gasteiger partial charge in [-0.1, -0.05) is 41.9 Å². The molecule has 4 rings (SSSR count). The molecule has 1 heterocycles. The zero-order valence-corrected chi connectivity index (χ0v) is 16.5. The molecular formula is C21H21ClN4O2. The van der Waals surface area contributed by atoms with Crippen molar-refractivity contribution in [1.29, 1.82) is 0 Å². The Morgan fingerprint density at radius 3 is 2.39 bits per heavy atom. The van der Waals surface area contributed by atoms with Gasteiger partial charge in [0.2, 0.25) is 5.95 Å². The second-order valence-corrected chi connectivity index (χ2v) is 6.97. The highest BCUT2D eigenvalue weighted by Crippen LogP contribution is 2.37. The van der Waals surface area contributed by atoms with Crippen LogP contribution in [0.5, 0.6) is 11.5 Å². The quantitative estimate of drug-likeness (QED) is 0.576. The number of benzene rings is 2. The minimum absolute atomic E-state index is 0.465. The van der Waals surface area contributed by atoms with Crippen molar-refractivity contribution in [3.63, 3.8) is 0 Å². The summed E-state index contributed by atoms with van der Waals surface area (Å²) in [5, 5.41) is 7.16. The Kier molecular flexibility index (Phi) is 5.21. The summed E-state index contributed by atoms with van der Waals surface area (Å²) in [6.45, 7) is 0. The molecule has 0 saturated heterocycles. The molecule has 1 saturated carbocycles. The maximum atomic E-state index is 6.20. The van der Waals surface area contributed by atoms with E-state index in [0.29, 0.717) is 34.2 Å². The van der Waals surface area contributed by atoms with E-state index >= 15 is 0 Å². The van der Waals surface area contributed by atoms with Gasteiger partial charge in [0.25, 0.3) is 0 Å². The van der Waals surface area contributed by atoms with Gasteiger partial charge >= 0.3 is 0 Å². The molecule has 0 amide bonds. The largest absolute Gasteiger partial charge is 0.495 e. The van der Waals surface area contributed by atoms with Crippen molar-refractivity contribution in [1.82, 2.24) is 9.97 Å². The molecule has 0 spiro atoms. The molecule has 1 aliphatic carbocycles. The molecule has 1 aromatic heterocycles. The van der Waals surface area contributed by atoms with Gasteiger partial charge < -0.3 is 20.1 Å². The molecule has 144 valence electrons. The third-order valence-electron chi connectivity index (χ3n) is 4.45. The molecule has 1 fully saturated rings. The number of halogens is 1. The summed E-state index contributed by atoms with van der Waals surface area (Å²) in [4.78, 5) is 9.31. The van der Waals surface area contributed by atoms with E-state index in [1.165, 1.54) is 0 Å². The number of methoxy groups -OCH3 is 2. The van der Waals surface area contributed by atoms with Crippen molar-refractivity contribution in [2.24, 2.45) is 0 Å². The van der Waals surface area contributed by atoms with Crippen molar-refractivity contribution in [2.75, 3.05) is 24.9 Å². The lowest BCUT2D eigenvalue weighted by Gasteiger charge is -2.15. The molecule has 7 heteroatoms. The van der Waals surface area contributed by atoms with Crippen LogP contribution in [-0.2, 0) is 0 Å². The fourth-order valence-electron chi connectivity index (χ4n) is 2.85. The van der Waals surface area contributed by atoms with Crippen LogP contribution in [0.15, 0.2) is 48.5 Å². The van der Waals surface area contributed by atoms with E-state index in [-0.39, 0.29) is 0 Å². The Morgan fingerprint density at radius 1 is 0.964 bits per heavy atom. The summed E-state index contributed by atoms with van der Waals surface area (Å²) in [6, 6.07) is 15.9. The first-order valence-electron chi connectivity index (χ1n) is 9.06. The van der Waals surface area contributed by atoms with Crippen LogP contribution in [0.25, 0.3) is 11.3 Å². The number of hydrogen-bond donors (Lipinski definition) is 2. The lowest BCUT2D eigenvalue weighted by molar-refractivity contribution is 0.405. The Hall–Kier alpha value is -2.99. The monoisotopic (exact) mass is 396 g/mol. The van der Waals surface area contributed by atoms with Gasteiger partial charge in [0, 0.05) is 29.8 Å². The van der Waals surface area contributed by atoms with Crippen molar-refractivity contribution < 1.29 is 9.47 Å². The average Bonchev–Trinajstić information content (AvgIpc) is 3.53. The third kappa shape index (κ3) is 4.12. The van der Waals surface area contributed by atoms with Crippen molar-refractivity contribution in [2.45, 2.75) is 18.9 Å². The standard InChI is InChI=1S/C21H21ClN4O2/c1-27-18-11-17(19(28-2)10-15(18)22)25-21-24-16(13-6-4-3-5-7-13)12-20(26-21)23-14-8-9-14/h3-7,10-12,14H,8-9H2,1-2H3,(H2,23,24,25,26). The van der Waals surface area contributed by atoms with Gasteiger partial charge in [-0.15, -0.1) is 0 Å². The van der Waals surface area contributed by atoms with Crippen LogP contribution in [0.4, 0.5) is 17.5 Å². The van der Waals surface area contributed by atoms with Crippen molar-refractivity contribution in [3.8, 4) is 22.8 Å². The Balaban J connectivity index is 1.72. The maximum Gasteiger partial charge on any atom is 0.229 e. The molecule has 28 heavy (non-hydrogen) atoms. The molecule has 2 aromatic carbocycles. The summed E-state index contributed by atoms with van der Waals surface area (Å²) < 4.78 is 10.8. The van der Waals surface area contributed by atoms with E-state index in [1.807, 2.05) is 36.4 Å². The smallest absolute Gasteiger partial charge is 0.229 e. The number of aromatic nitrogens is 2. The number of hydrogen-bond acceptors (Lipinski definition) is 6. The average molecular weight is 397 g/mol. The van der Waals surface area contributed by atoms with E-state index in [1.54, 1.807) is 26.4 Å². The van der Waals surface area contributed by atoms with Gasteiger partial charge in [0.05, 0.1) is 30.6 Å². The molecule has 1 aliphatic rings. The molecule has 3 aromatic rings.